The van der Waals surface area contributed by atoms with E-state index in [9.17, 15) is 0 Å². The molecule has 0 spiro atoms. The lowest BCUT2D eigenvalue weighted by molar-refractivity contribution is 0.543. The normalized spacial score (nSPS) is 12.7. The van der Waals surface area contributed by atoms with Gasteiger partial charge in [-0.1, -0.05) is 42.5 Å². The minimum absolute atomic E-state index is 0.332. The highest BCUT2D eigenvalue weighted by Gasteiger charge is 2.15. The van der Waals surface area contributed by atoms with Gasteiger partial charge in [-0.2, -0.15) is 0 Å². The maximum Gasteiger partial charge on any atom is 0.125 e. The Morgan fingerprint density at radius 2 is 1.75 bits per heavy atom. The zero-order chi connectivity index (χ0) is 13.9. The first kappa shape index (κ1) is 13.2. The van der Waals surface area contributed by atoms with Crippen LogP contribution in [0.5, 0.6) is 0 Å². The molecule has 2 nitrogen and oxygen atoms in total. The van der Waals surface area contributed by atoms with Gasteiger partial charge in [0.1, 0.15) is 5.82 Å². The molecule has 0 aliphatic carbocycles. The standard InChI is InChI=1S/C17H17ClN2/c1-13(11-14-7-3-2-4-8-14)20-16-10-6-5-9-15(16)19-17(20)12-18/h2-10,13H,11-12H2,1H3. The second-order valence-corrected chi connectivity index (χ2v) is 5.33. The van der Waals surface area contributed by atoms with Crippen LogP contribution in [0.1, 0.15) is 24.4 Å². The van der Waals surface area contributed by atoms with Crippen molar-refractivity contribution >= 4 is 22.6 Å². The molecule has 1 atom stereocenters. The van der Waals surface area contributed by atoms with Crippen molar-refractivity contribution in [3.63, 3.8) is 0 Å². The Balaban J connectivity index is 2.00. The van der Waals surface area contributed by atoms with Gasteiger partial charge in [-0.25, -0.2) is 4.98 Å². The van der Waals surface area contributed by atoms with Gasteiger partial charge in [-0.05, 0) is 31.0 Å². The highest BCUT2D eigenvalue weighted by molar-refractivity contribution is 6.16. The first-order valence-electron chi connectivity index (χ1n) is 6.85. The number of para-hydroxylation sites is 2. The summed E-state index contributed by atoms with van der Waals surface area (Å²) in [6.07, 6.45) is 0.977. The molecule has 0 saturated heterocycles. The highest BCUT2D eigenvalue weighted by Crippen LogP contribution is 2.24. The first-order chi connectivity index (χ1) is 9.79. The van der Waals surface area contributed by atoms with Crippen molar-refractivity contribution in [1.82, 2.24) is 9.55 Å². The summed E-state index contributed by atoms with van der Waals surface area (Å²) in [5.74, 6) is 1.38. The van der Waals surface area contributed by atoms with Gasteiger partial charge >= 0.3 is 0 Å². The van der Waals surface area contributed by atoms with Gasteiger partial charge in [0.05, 0.1) is 16.9 Å². The van der Waals surface area contributed by atoms with E-state index in [1.165, 1.54) is 5.56 Å². The molecule has 0 N–H and O–H groups in total. The molecule has 0 saturated carbocycles. The van der Waals surface area contributed by atoms with Gasteiger partial charge < -0.3 is 4.57 Å². The fourth-order valence-electron chi connectivity index (χ4n) is 2.73. The molecule has 0 radical (unpaired) electrons. The molecule has 0 fully saturated rings. The van der Waals surface area contributed by atoms with Gasteiger partial charge in [-0.15, -0.1) is 11.6 Å². The van der Waals surface area contributed by atoms with Gasteiger partial charge in [0.15, 0.2) is 0 Å². The minimum atomic E-state index is 0.332. The van der Waals surface area contributed by atoms with Gasteiger partial charge in [0.2, 0.25) is 0 Å². The second-order valence-electron chi connectivity index (χ2n) is 5.06. The number of nitrogens with zero attached hydrogens (tertiary/aromatic N) is 2. The summed E-state index contributed by atoms with van der Waals surface area (Å²) in [4.78, 5) is 4.62. The van der Waals surface area contributed by atoms with Crippen molar-refractivity contribution in [2.24, 2.45) is 0 Å². The monoisotopic (exact) mass is 284 g/mol. The molecular formula is C17H17ClN2. The SMILES string of the molecule is CC(Cc1ccccc1)n1c(CCl)nc2ccccc21. The van der Waals surface area contributed by atoms with E-state index in [1.807, 2.05) is 24.3 Å². The summed E-state index contributed by atoms with van der Waals surface area (Å²) < 4.78 is 2.26. The van der Waals surface area contributed by atoms with E-state index in [2.05, 4.69) is 46.8 Å². The van der Waals surface area contributed by atoms with Crippen LogP contribution in [-0.2, 0) is 12.3 Å². The Hall–Kier alpha value is -1.80. The zero-order valence-corrected chi connectivity index (χ0v) is 12.2. The third-order valence-corrected chi connectivity index (χ3v) is 3.84. The van der Waals surface area contributed by atoms with E-state index in [4.69, 9.17) is 11.6 Å². The second kappa shape index (κ2) is 5.68. The lowest BCUT2D eigenvalue weighted by Crippen LogP contribution is -2.11. The van der Waals surface area contributed by atoms with Crippen molar-refractivity contribution in [3.8, 4) is 0 Å². The number of benzene rings is 2. The van der Waals surface area contributed by atoms with Gasteiger partial charge in [-0.3, -0.25) is 0 Å². The molecule has 0 amide bonds. The summed E-state index contributed by atoms with van der Waals surface area (Å²) in [7, 11) is 0. The molecular weight excluding hydrogens is 268 g/mol. The Morgan fingerprint density at radius 3 is 2.50 bits per heavy atom. The summed E-state index contributed by atoms with van der Waals surface area (Å²) >= 11 is 6.07. The number of hydrogen-bond acceptors (Lipinski definition) is 1. The molecule has 3 heteroatoms. The zero-order valence-electron chi connectivity index (χ0n) is 11.5. The Labute approximate surface area is 124 Å². The summed E-state index contributed by atoms with van der Waals surface area (Å²) in [5, 5.41) is 0. The average molecular weight is 285 g/mol. The van der Waals surface area contributed by atoms with Crippen LogP contribution in [0.25, 0.3) is 11.0 Å². The predicted octanol–water partition coefficient (Wildman–Crippen LogP) is 4.58. The third kappa shape index (κ3) is 2.44. The van der Waals surface area contributed by atoms with E-state index in [0.717, 1.165) is 23.3 Å². The van der Waals surface area contributed by atoms with Crippen molar-refractivity contribution in [3.05, 3.63) is 66.0 Å². The molecule has 20 heavy (non-hydrogen) atoms. The van der Waals surface area contributed by atoms with E-state index < -0.39 is 0 Å². The van der Waals surface area contributed by atoms with Crippen LogP contribution >= 0.6 is 11.6 Å². The van der Waals surface area contributed by atoms with E-state index >= 15 is 0 Å². The van der Waals surface area contributed by atoms with Crippen molar-refractivity contribution < 1.29 is 0 Å². The van der Waals surface area contributed by atoms with Crippen molar-refractivity contribution in [2.45, 2.75) is 25.3 Å². The Kier molecular flexibility index (Phi) is 3.75. The van der Waals surface area contributed by atoms with Crippen LogP contribution < -0.4 is 0 Å². The lowest BCUT2D eigenvalue weighted by atomic mass is 10.1. The molecule has 0 aliphatic rings. The number of fused-ring (bicyclic) bond motifs is 1. The molecule has 0 bridgehead atoms. The molecule has 3 aromatic rings. The van der Waals surface area contributed by atoms with E-state index in [-0.39, 0.29) is 0 Å². The van der Waals surface area contributed by atoms with E-state index in [0.29, 0.717) is 11.9 Å². The number of halogens is 1. The van der Waals surface area contributed by atoms with Crippen LogP contribution in [0.3, 0.4) is 0 Å². The van der Waals surface area contributed by atoms with E-state index in [1.54, 1.807) is 0 Å². The van der Waals surface area contributed by atoms with Gasteiger partial charge in [0.25, 0.3) is 0 Å². The predicted molar refractivity (Wildman–Crippen MR) is 84.1 cm³/mol. The number of aromatic nitrogens is 2. The highest BCUT2D eigenvalue weighted by atomic mass is 35.5. The topological polar surface area (TPSA) is 17.8 Å². The van der Waals surface area contributed by atoms with Crippen LogP contribution in [0.15, 0.2) is 54.6 Å². The third-order valence-electron chi connectivity index (χ3n) is 3.60. The molecule has 1 unspecified atom stereocenters. The Morgan fingerprint density at radius 1 is 1.05 bits per heavy atom. The number of alkyl halides is 1. The summed E-state index contributed by atoms with van der Waals surface area (Å²) in [5.41, 5.74) is 3.51. The fourth-order valence-corrected chi connectivity index (χ4v) is 2.92. The summed E-state index contributed by atoms with van der Waals surface area (Å²) in [6.45, 7) is 2.22. The van der Waals surface area contributed by atoms with Crippen molar-refractivity contribution in [1.29, 1.82) is 0 Å². The average Bonchev–Trinajstić information content (AvgIpc) is 2.86. The quantitative estimate of drug-likeness (QED) is 0.641. The minimum Gasteiger partial charge on any atom is -0.324 e. The molecule has 2 aromatic carbocycles. The molecule has 1 heterocycles. The largest absolute Gasteiger partial charge is 0.324 e. The maximum atomic E-state index is 6.07. The van der Waals surface area contributed by atoms with Crippen LogP contribution in [0.2, 0.25) is 0 Å². The number of hydrogen-bond donors (Lipinski definition) is 0. The van der Waals surface area contributed by atoms with Crippen LogP contribution in [-0.4, -0.2) is 9.55 Å². The lowest BCUT2D eigenvalue weighted by Gasteiger charge is -2.17. The number of rotatable bonds is 4. The molecule has 0 aliphatic heterocycles. The smallest absolute Gasteiger partial charge is 0.125 e. The molecule has 102 valence electrons. The molecule has 1 aromatic heterocycles. The summed E-state index contributed by atoms with van der Waals surface area (Å²) in [6, 6.07) is 19.1. The first-order valence-corrected chi connectivity index (χ1v) is 7.39. The maximum absolute atomic E-state index is 6.07. The number of imidazole rings is 1. The van der Waals surface area contributed by atoms with Crippen molar-refractivity contribution in [2.75, 3.05) is 0 Å². The molecule has 3 rings (SSSR count). The van der Waals surface area contributed by atoms with Crippen LogP contribution in [0, 0.1) is 0 Å². The van der Waals surface area contributed by atoms with Gasteiger partial charge in [0, 0.05) is 6.04 Å². The fraction of sp³-hybridized carbons (Fsp3) is 0.235. The van der Waals surface area contributed by atoms with Crippen LogP contribution in [0.4, 0.5) is 0 Å². The Bertz CT molecular complexity index is 703.